The number of methoxy groups -OCH3 is 1. The Morgan fingerprint density at radius 1 is 1.11 bits per heavy atom. The van der Waals surface area contributed by atoms with Crippen LogP contribution >= 0.6 is 0 Å². The van der Waals surface area contributed by atoms with Crippen LogP contribution in [0.2, 0.25) is 0 Å². The Hall–Kier alpha value is -4.11. The number of nitrogens with zero attached hydrogens (tertiary/aromatic N) is 1. The first kappa shape index (κ1) is 26.9. The number of fused-ring (bicyclic) bond motifs is 1. The monoisotopic (exact) mass is 523 g/mol. The molecule has 6 nitrogen and oxygen atoms in total. The average molecular weight is 524 g/mol. The van der Waals surface area contributed by atoms with Gasteiger partial charge < -0.3 is 20.1 Å². The number of carbonyl (C=O) groups is 1. The number of rotatable bonds is 7. The Balaban J connectivity index is 1.81. The predicted molar refractivity (Wildman–Crippen MR) is 141 cm³/mol. The van der Waals surface area contributed by atoms with Gasteiger partial charge in [-0.15, -0.1) is 0 Å². The molecular weight excluding hydrogens is 495 g/mol. The zero-order chi connectivity index (χ0) is 27.8. The predicted octanol–water partition coefficient (Wildman–Crippen LogP) is 5.92. The van der Waals surface area contributed by atoms with Crippen molar-refractivity contribution in [2.75, 3.05) is 13.7 Å². The molecule has 0 aliphatic rings. The molecule has 2 aromatic heterocycles. The zero-order valence-electron chi connectivity index (χ0n) is 21.7. The first-order valence-corrected chi connectivity index (χ1v) is 11.9. The topological polar surface area (TPSA) is 87.2 Å². The molecule has 9 heteroatoms. The third kappa shape index (κ3) is 5.28. The van der Waals surface area contributed by atoms with E-state index < -0.39 is 23.0 Å². The van der Waals surface area contributed by atoms with Crippen LogP contribution < -0.4 is 10.1 Å². The molecule has 0 aliphatic heterocycles. The zero-order valence-corrected chi connectivity index (χ0v) is 21.7. The van der Waals surface area contributed by atoms with E-state index in [1.165, 1.54) is 25.3 Å². The molecule has 0 atom stereocenters. The molecule has 2 heterocycles. The normalized spacial score (nSPS) is 12.2. The Kier molecular flexibility index (Phi) is 7.33. The quantitative estimate of drug-likeness (QED) is 0.263. The standard InChI is InChI=1S/C29H28F3N3O3/c1-15(28(37)35-29(3,4)14-36)6-17-7-19(30)9-21(16(17)2)18-8-23-24(13-34-27(23)33-12-18)22-10-20(31)11-25(32)26(22)38-5/h6-13,36H,14H2,1-5H3,(H,33,34)(H,35,37)/b15-6+. The first-order valence-electron chi connectivity index (χ1n) is 11.9. The van der Waals surface area contributed by atoms with Gasteiger partial charge in [0.1, 0.15) is 17.3 Å². The van der Waals surface area contributed by atoms with Crippen LogP contribution in [0.25, 0.3) is 39.4 Å². The summed E-state index contributed by atoms with van der Waals surface area (Å²) in [6, 6.07) is 6.39. The first-order chi connectivity index (χ1) is 17.9. The minimum atomic E-state index is -0.833. The van der Waals surface area contributed by atoms with Gasteiger partial charge in [-0.05, 0) is 74.7 Å². The van der Waals surface area contributed by atoms with Gasteiger partial charge in [-0.25, -0.2) is 18.2 Å². The molecule has 198 valence electrons. The van der Waals surface area contributed by atoms with Crippen molar-refractivity contribution in [2.24, 2.45) is 0 Å². The van der Waals surface area contributed by atoms with Gasteiger partial charge in [0.15, 0.2) is 11.6 Å². The fourth-order valence-electron chi connectivity index (χ4n) is 4.24. The lowest BCUT2D eigenvalue weighted by Crippen LogP contribution is -2.46. The lowest BCUT2D eigenvalue weighted by Gasteiger charge is -2.23. The second-order valence-corrected chi connectivity index (χ2v) is 9.78. The van der Waals surface area contributed by atoms with Gasteiger partial charge in [0, 0.05) is 46.1 Å². The molecule has 0 saturated carbocycles. The molecule has 1 amide bonds. The summed E-state index contributed by atoms with van der Waals surface area (Å²) in [5, 5.41) is 12.7. The van der Waals surface area contributed by atoms with Crippen molar-refractivity contribution in [1.29, 1.82) is 0 Å². The molecule has 0 fully saturated rings. The van der Waals surface area contributed by atoms with E-state index >= 15 is 0 Å². The van der Waals surface area contributed by atoms with Crippen LogP contribution in [0, 0.1) is 24.4 Å². The second kappa shape index (κ2) is 10.3. The van der Waals surface area contributed by atoms with E-state index in [-0.39, 0.29) is 23.8 Å². The number of H-pyrrole nitrogens is 1. The SMILES string of the molecule is COc1c(F)cc(F)cc1-c1c[nH]c2ncc(-c3cc(F)cc(/C=C(\C)C(=O)NC(C)(C)CO)c3C)cc12. The number of aromatic amines is 1. The summed E-state index contributed by atoms with van der Waals surface area (Å²) < 4.78 is 48.4. The van der Waals surface area contributed by atoms with E-state index in [4.69, 9.17) is 4.74 Å². The largest absolute Gasteiger partial charge is 0.493 e. The number of aliphatic hydroxyl groups excluding tert-OH is 1. The van der Waals surface area contributed by atoms with E-state index in [0.717, 1.165) is 6.07 Å². The van der Waals surface area contributed by atoms with Crippen molar-refractivity contribution in [1.82, 2.24) is 15.3 Å². The maximum Gasteiger partial charge on any atom is 0.247 e. The number of ether oxygens (including phenoxy) is 1. The minimum Gasteiger partial charge on any atom is -0.493 e. The van der Waals surface area contributed by atoms with Crippen LogP contribution in [0.15, 0.2) is 48.3 Å². The average Bonchev–Trinajstić information content (AvgIpc) is 3.28. The molecule has 3 N–H and O–H groups in total. The van der Waals surface area contributed by atoms with Gasteiger partial charge in [-0.1, -0.05) is 0 Å². The van der Waals surface area contributed by atoms with Crippen LogP contribution in [0.3, 0.4) is 0 Å². The van der Waals surface area contributed by atoms with E-state index in [2.05, 4.69) is 15.3 Å². The molecule has 0 aliphatic carbocycles. The second-order valence-electron chi connectivity index (χ2n) is 9.78. The summed E-state index contributed by atoms with van der Waals surface area (Å²) in [6.07, 6.45) is 4.74. The van der Waals surface area contributed by atoms with Crippen LogP contribution in [-0.2, 0) is 4.79 Å². The number of halogens is 3. The number of aromatic nitrogens is 2. The number of pyridine rings is 1. The summed E-state index contributed by atoms with van der Waals surface area (Å²) in [7, 11) is 1.30. The van der Waals surface area contributed by atoms with Crippen LogP contribution in [0.5, 0.6) is 5.75 Å². The number of benzene rings is 2. The highest BCUT2D eigenvalue weighted by Gasteiger charge is 2.21. The smallest absolute Gasteiger partial charge is 0.247 e. The van der Waals surface area contributed by atoms with E-state index in [0.29, 0.717) is 44.4 Å². The van der Waals surface area contributed by atoms with Gasteiger partial charge in [0.05, 0.1) is 19.3 Å². The highest BCUT2D eigenvalue weighted by molar-refractivity contribution is 5.99. The fourth-order valence-corrected chi connectivity index (χ4v) is 4.24. The van der Waals surface area contributed by atoms with Crippen molar-refractivity contribution in [3.63, 3.8) is 0 Å². The molecule has 0 radical (unpaired) electrons. The molecule has 4 rings (SSSR count). The number of hydrogen-bond donors (Lipinski definition) is 3. The highest BCUT2D eigenvalue weighted by atomic mass is 19.1. The summed E-state index contributed by atoms with van der Waals surface area (Å²) in [6.45, 7) is 6.56. The Morgan fingerprint density at radius 3 is 2.47 bits per heavy atom. The van der Waals surface area contributed by atoms with Crippen LogP contribution in [0.1, 0.15) is 31.9 Å². The lowest BCUT2D eigenvalue weighted by atomic mass is 9.94. The Labute approximate surface area is 218 Å². The maximum atomic E-state index is 14.8. The third-order valence-electron chi connectivity index (χ3n) is 6.33. The third-order valence-corrected chi connectivity index (χ3v) is 6.33. The van der Waals surface area contributed by atoms with Gasteiger partial charge in [0.25, 0.3) is 0 Å². The molecule has 2 aromatic carbocycles. The number of hydrogen-bond acceptors (Lipinski definition) is 4. The number of aliphatic hydroxyl groups is 1. The molecule has 38 heavy (non-hydrogen) atoms. The van der Waals surface area contributed by atoms with Gasteiger partial charge >= 0.3 is 0 Å². The molecule has 0 spiro atoms. The molecular formula is C29H28F3N3O3. The van der Waals surface area contributed by atoms with Crippen molar-refractivity contribution < 1.29 is 27.8 Å². The van der Waals surface area contributed by atoms with Gasteiger partial charge in [-0.2, -0.15) is 0 Å². The minimum absolute atomic E-state index is 0.106. The number of carbonyl (C=O) groups excluding carboxylic acids is 1. The van der Waals surface area contributed by atoms with E-state index in [1.807, 2.05) is 0 Å². The van der Waals surface area contributed by atoms with E-state index in [9.17, 15) is 23.1 Å². The van der Waals surface area contributed by atoms with Crippen LogP contribution in [0.4, 0.5) is 13.2 Å². The Bertz CT molecular complexity index is 1570. The fraction of sp³-hybridized carbons (Fsp3) is 0.241. The highest BCUT2D eigenvalue weighted by Crippen LogP contribution is 2.39. The van der Waals surface area contributed by atoms with Gasteiger partial charge in [0.2, 0.25) is 5.91 Å². The Morgan fingerprint density at radius 2 is 1.79 bits per heavy atom. The van der Waals surface area contributed by atoms with Crippen molar-refractivity contribution >= 4 is 23.0 Å². The van der Waals surface area contributed by atoms with Crippen LogP contribution in [-0.4, -0.2) is 40.2 Å². The van der Waals surface area contributed by atoms with Crippen molar-refractivity contribution in [3.05, 3.63) is 76.9 Å². The molecule has 0 bridgehead atoms. The summed E-state index contributed by atoms with van der Waals surface area (Å²) >= 11 is 0. The molecule has 4 aromatic rings. The number of amides is 1. The van der Waals surface area contributed by atoms with Crippen molar-refractivity contribution in [3.8, 4) is 28.0 Å². The summed E-state index contributed by atoms with van der Waals surface area (Å²) in [5.41, 5.74) is 3.00. The summed E-state index contributed by atoms with van der Waals surface area (Å²) in [4.78, 5) is 20.0. The summed E-state index contributed by atoms with van der Waals surface area (Å²) in [5.74, 6) is -2.59. The van der Waals surface area contributed by atoms with E-state index in [1.54, 1.807) is 52.2 Å². The number of nitrogens with one attached hydrogen (secondary N) is 2. The lowest BCUT2D eigenvalue weighted by molar-refractivity contribution is -0.119. The maximum absolute atomic E-state index is 14.8. The van der Waals surface area contributed by atoms with Crippen molar-refractivity contribution in [2.45, 2.75) is 33.2 Å². The molecule has 0 unspecified atom stereocenters. The van der Waals surface area contributed by atoms with Gasteiger partial charge in [-0.3, -0.25) is 4.79 Å². The molecule has 0 saturated heterocycles.